The van der Waals surface area contributed by atoms with Gasteiger partial charge in [-0.2, -0.15) is 0 Å². The molecule has 8 amide bonds. The summed E-state index contributed by atoms with van der Waals surface area (Å²) in [5.74, 6) is -2.08. The molecule has 2 aromatic rings. The zero-order chi connectivity index (χ0) is 48.7. The van der Waals surface area contributed by atoms with Gasteiger partial charge >= 0.3 is 18.2 Å². The van der Waals surface area contributed by atoms with E-state index in [9.17, 15) is 33.6 Å². The molecule has 2 saturated heterocycles. The Labute approximate surface area is 390 Å². The summed E-state index contributed by atoms with van der Waals surface area (Å²) in [4.78, 5) is 98.2. The van der Waals surface area contributed by atoms with Gasteiger partial charge in [0.25, 0.3) is 0 Å². The lowest BCUT2D eigenvalue weighted by Crippen LogP contribution is -2.66. The van der Waals surface area contributed by atoms with Crippen molar-refractivity contribution in [2.24, 2.45) is 11.3 Å². The monoisotopic (exact) mass is 919 g/mol. The molecule has 2 heterocycles. The molecule has 2 fully saturated rings. The smallest absolute Gasteiger partial charge is 0.408 e. The molecule has 2 aliphatic heterocycles. The van der Waals surface area contributed by atoms with E-state index in [1.54, 1.807) is 58.4 Å². The number of ether oxygens (including phenoxy) is 2. The second-order valence-electron chi connectivity index (χ2n) is 20.1. The van der Waals surface area contributed by atoms with Gasteiger partial charge in [-0.15, -0.1) is 0 Å². The molecule has 0 radical (unpaired) electrons. The molecule has 0 saturated carbocycles. The van der Waals surface area contributed by atoms with E-state index in [1.165, 1.54) is 0 Å². The summed E-state index contributed by atoms with van der Waals surface area (Å²) in [6.07, 6.45) is 1.87. The molecule has 66 heavy (non-hydrogen) atoms. The largest absolute Gasteiger partial charge is 0.444 e. The molecule has 0 aromatic heterocycles. The number of alkyl carbamates (subject to hydrolysis) is 2. The minimum atomic E-state index is -1.16. The number of nitrogens with one attached hydrogen (secondary N) is 6. The van der Waals surface area contributed by atoms with Crippen LogP contribution >= 0.6 is 0 Å². The summed E-state index contributed by atoms with van der Waals surface area (Å²) in [5.41, 5.74) is -0.0679. The molecule has 0 bridgehead atoms. The van der Waals surface area contributed by atoms with E-state index in [0.29, 0.717) is 45.6 Å². The van der Waals surface area contributed by atoms with Crippen LogP contribution < -0.4 is 31.9 Å². The number of piperidine rings is 1. The van der Waals surface area contributed by atoms with E-state index in [-0.39, 0.29) is 49.0 Å². The van der Waals surface area contributed by atoms with Gasteiger partial charge in [-0.25, -0.2) is 14.4 Å². The topological polar surface area (TPSA) is 217 Å². The second-order valence-corrected chi connectivity index (χ2v) is 20.1. The van der Waals surface area contributed by atoms with Crippen molar-refractivity contribution < 1.29 is 43.0 Å². The molecule has 364 valence electrons. The van der Waals surface area contributed by atoms with Crippen LogP contribution in [0.15, 0.2) is 60.7 Å². The maximum atomic E-state index is 14.4. The Morgan fingerprint density at radius 3 is 1.59 bits per heavy atom. The van der Waals surface area contributed by atoms with Crippen LogP contribution in [0.3, 0.4) is 0 Å². The number of hydrogen-bond donors (Lipinski definition) is 6. The number of likely N-dealkylation sites (tertiary alicyclic amines) is 2. The maximum Gasteiger partial charge on any atom is 0.408 e. The van der Waals surface area contributed by atoms with E-state index >= 15 is 0 Å². The Kier molecular flexibility index (Phi) is 19.2. The molecule has 0 unspecified atom stereocenters. The number of nitrogens with zero attached hydrogens (tertiary/aromatic N) is 2. The zero-order valence-electron chi connectivity index (χ0n) is 40.4. The third-order valence-electron chi connectivity index (χ3n) is 11.4. The number of hydrogen-bond acceptors (Lipinski definition) is 9. The summed E-state index contributed by atoms with van der Waals surface area (Å²) < 4.78 is 10.8. The number of unbranched alkanes of at least 4 members (excludes halogenated alkanes) is 1. The predicted octanol–water partition coefficient (Wildman–Crippen LogP) is 4.82. The molecular formula is C49H74N8O9. The van der Waals surface area contributed by atoms with E-state index in [1.807, 2.05) is 74.5 Å². The Morgan fingerprint density at radius 2 is 1.09 bits per heavy atom. The van der Waals surface area contributed by atoms with Crippen LogP contribution in [0.25, 0.3) is 0 Å². The van der Waals surface area contributed by atoms with Crippen LogP contribution in [-0.4, -0.2) is 127 Å². The average Bonchev–Trinajstić information content (AvgIpc) is 3.23. The van der Waals surface area contributed by atoms with Gasteiger partial charge in [-0.1, -0.05) is 74.5 Å². The second kappa shape index (κ2) is 24.1. The third-order valence-corrected chi connectivity index (χ3v) is 11.4. The lowest BCUT2D eigenvalue weighted by Gasteiger charge is -2.54. The average molecular weight is 919 g/mol. The SMILES string of the molecule is CNC(=O)N1CCC2(CC1)CN(C(=O)[C@@H](CCCCNC(=O)OC(C)(C)C)NC(=O)[C@@H](CC(C)C)NC(=O)[C@@H](Cc1ccccc1)NC(=O)[C@@H](Cc1ccccc1)NC(=O)OC(C)(C)C)C2. The number of carbonyl (C=O) groups excluding carboxylic acids is 7. The Bertz CT molecular complexity index is 1930. The summed E-state index contributed by atoms with van der Waals surface area (Å²) in [7, 11) is 1.60. The van der Waals surface area contributed by atoms with Crippen molar-refractivity contribution in [3.8, 4) is 0 Å². The Morgan fingerprint density at radius 1 is 0.621 bits per heavy atom. The zero-order valence-corrected chi connectivity index (χ0v) is 40.4. The van der Waals surface area contributed by atoms with Crippen LogP contribution in [0.5, 0.6) is 0 Å². The van der Waals surface area contributed by atoms with Crippen LogP contribution in [0.1, 0.15) is 105 Å². The number of carbonyl (C=O) groups is 7. The van der Waals surface area contributed by atoms with Crippen molar-refractivity contribution in [1.82, 2.24) is 41.7 Å². The number of benzene rings is 2. The minimum Gasteiger partial charge on any atom is -0.444 e. The third kappa shape index (κ3) is 17.5. The van der Waals surface area contributed by atoms with Gasteiger partial charge in [0.15, 0.2) is 0 Å². The van der Waals surface area contributed by atoms with E-state index < -0.39 is 65.3 Å². The lowest BCUT2D eigenvalue weighted by atomic mass is 9.71. The fourth-order valence-corrected chi connectivity index (χ4v) is 8.12. The normalized spacial score (nSPS) is 16.4. The van der Waals surface area contributed by atoms with Crippen LogP contribution in [0, 0.1) is 11.3 Å². The van der Waals surface area contributed by atoms with Gasteiger partial charge in [-0.05, 0) is 97.1 Å². The number of urea groups is 1. The van der Waals surface area contributed by atoms with Crippen molar-refractivity contribution in [1.29, 1.82) is 0 Å². The highest BCUT2D eigenvalue weighted by Crippen LogP contribution is 2.41. The molecule has 0 aliphatic carbocycles. The first-order valence-electron chi connectivity index (χ1n) is 23.3. The fourth-order valence-electron chi connectivity index (χ4n) is 8.12. The first-order valence-corrected chi connectivity index (χ1v) is 23.3. The van der Waals surface area contributed by atoms with Crippen LogP contribution in [0.2, 0.25) is 0 Å². The van der Waals surface area contributed by atoms with E-state index in [0.717, 1.165) is 24.0 Å². The number of amides is 8. The summed E-state index contributed by atoms with van der Waals surface area (Å²) in [6.45, 7) is 16.8. The molecule has 2 aromatic carbocycles. The molecule has 4 rings (SSSR count). The van der Waals surface area contributed by atoms with Gasteiger partial charge in [0, 0.05) is 58.0 Å². The highest BCUT2D eigenvalue weighted by Gasteiger charge is 2.48. The highest BCUT2D eigenvalue weighted by atomic mass is 16.6. The Hall–Kier alpha value is -5.87. The standard InChI is InChI=1S/C49H74N8O9/c1-33(2)28-37(53-41(59)38(29-34-18-12-10-13-19-34)54-42(60)39(30-35-20-14-11-15-21-35)55-46(64)66-48(6,7)8)40(58)52-36(22-16-17-25-51-45(63)65-47(3,4)5)43(61)57-31-49(32-57)23-26-56(27-24-49)44(62)50-9/h10-15,18-21,33,36-39H,16-17,22-32H2,1-9H3,(H,50,62)(H,51,63)(H,52,58)(H,53,59)(H,54,60)(H,55,64)/t36-,37-,38-,39-/m1/s1. The minimum absolute atomic E-state index is 0.0551. The maximum absolute atomic E-state index is 14.4. The molecular weight excluding hydrogens is 845 g/mol. The molecule has 6 N–H and O–H groups in total. The summed E-state index contributed by atoms with van der Waals surface area (Å²) >= 11 is 0. The molecule has 17 nitrogen and oxygen atoms in total. The van der Waals surface area contributed by atoms with Crippen molar-refractivity contribution in [3.05, 3.63) is 71.8 Å². The predicted molar refractivity (Wildman–Crippen MR) is 251 cm³/mol. The van der Waals surface area contributed by atoms with Crippen molar-refractivity contribution in [2.45, 2.75) is 142 Å². The summed E-state index contributed by atoms with van der Waals surface area (Å²) in [6, 6.07) is 13.9. The first-order chi connectivity index (χ1) is 31.0. The first kappa shape index (κ1) is 52.8. The van der Waals surface area contributed by atoms with Crippen LogP contribution in [-0.2, 0) is 41.5 Å². The van der Waals surface area contributed by atoms with Gasteiger partial charge in [0.05, 0.1) is 0 Å². The van der Waals surface area contributed by atoms with Crippen molar-refractivity contribution >= 4 is 41.8 Å². The van der Waals surface area contributed by atoms with Gasteiger partial charge in [0.1, 0.15) is 35.4 Å². The molecule has 17 heteroatoms. The van der Waals surface area contributed by atoms with Gasteiger partial charge in [-0.3, -0.25) is 19.2 Å². The lowest BCUT2D eigenvalue weighted by molar-refractivity contribution is -0.150. The molecule has 4 atom stereocenters. The van der Waals surface area contributed by atoms with Crippen LogP contribution in [0.4, 0.5) is 14.4 Å². The molecule has 1 spiro atoms. The highest BCUT2D eigenvalue weighted by molar-refractivity contribution is 5.95. The van der Waals surface area contributed by atoms with Gasteiger partial charge in [0.2, 0.25) is 23.6 Å². The van der Waals surface area contributed by atoms with Crippen molar-refractivity contribution in [2.75, 3.05) is 39.8 Å². The Balaban J connectivity index is 1.52. The summed E-state index contributed by atoms with van der Waals surface area (Å²) in [5, 5.41) is 16.8. The quantitative estimate of drug-likeness (QED) is 0.106. The van der Waals surface area contributed by atoms with E-state index in [4.69, 9.17) is 9.47 Å². The van der Waals surface area contributed by atoms with Crippen molar-refractivity contribution in [3.63, 3.8) is 0 Å². The molecule has 2 aliphatic rings. The van der Waals surface area contributed by atoms with E-state index in [2.05, 4.69) is 31.9 Å². The number of rotatable bonds is 19. The fraction of sp³-hybridized carbons (Fsp3) is 0.612. The van der Waals surface area contributed by atoms with Gasteiger partial charge < -0.3 is 51.2 Å².